The summed E-state index contributed by atoms with van der Waals surface area (Å²) in [7, 11) is 0. The second-order valence-corrected chi connectivity index (χ2v) is 6.72. The lowest BCUT2D eigenvalue weighted by Gasteiger charge is -2.38. The van der Waals surface area contributed by atoms with Gasteiger partial charge in [-0.25, -0.2) is 0 Å². The molecule has 0 bridgehead atoms. The van der Waals surface area contributed by atoms with Crippen molar-refractivity contribution in [2.75, 3.05) is 31.1 Å². The molecule has 2 atom stereocenters. The van der Waals surface area contributed by atoms with Gasteiger partial charge in [0.05, 0.1) is 11.8 Å². The molecule has 0 spiro atoms. The number of anilines is 1. The third-order valence-electron chi connectivity index (χ3n) is 4.83. The first kappa shape index (κ1) is 16.8. The maximum atomic E-state index is 12.8. The number of amides is 1. The van der Waals surface area contributed by atoms with Crippen molar-refractivity contribution in [1.82, 2.24) is 4.90 Å². The van der Waals surface area contributed by atoms with Crippen molar-refractivity contribution >= 4 is 29.2 Å². The van der Waals surface area contributed by atoms with Crippen molar-refractivity contribution in [2.24, 2.45) is 11.8 Å². The van der Waals surface area contributed by atoms with Gasteiger partial charge in [-0.2, -0.15) is 0 Å². The van der Waals surface area contributed by atoms with Gasteiger partial charge in [-0.15, -0.1) is 0 Å². The molecule has 1 aromatic rings. The second kappa shape index (κ2) is 7.26. The van der Waals surface area contributed by atoms with E-state index < -0.39 is 17.8 Å². The Morgan fingerprint density at radius 1 is 1.04 bits per heavy atom. The smallest absolute Gasteiger partial charge is 0.307 e. The number of halogens is 1. The van der Waals surface area contributed by atoms with Crippen LogP contribution in [0.1, 0.15) is 12.8 Å². The van der Waals surface area contributed by atoms with E-state index in [4.69, 9.17) is 11.6 Å². The van der Waals surface area contributed by atoms with Crippen LogP contribution in [0, 0.1) is 11.8 Å². The monoisotopic (exact) mass is 348 g/mol. The highest BCUT2D eigenvalue weighted by molar-refractivity contribution is 6.30. The molecule has 1 aliphatic carbocycles. The molecule has 24 heavy (non-hydrogen) atoms. The first-order chi connectivity index (χ1) is 11.6. The van der Waals surface area contributed by atoms with Crippen LogP contribution in [0.4, 0.5) is 5.69 Å². The van der Waals surface area contributed by atoms with Crippen molar-refractivity contribution in [3.05, 3.63) is 41.4 Å². The second-order valence-electron chi connectivity index (χ2n) is 6.29. The van der Waals surface area contributed by atoms with E-state index in [0.717, 1.165) is 18.8 Å². The number of benzene rings is 1. The summed E-state index contributed by atoms with van der Waals surface area (Å²) in [4.78, 5) is 28.2. The summed E-state index contributed by atoms with van der Waals surface area (Å²) in [5.74, 6) is -1.95. The SMILES string of the molecule is O=C(O)C1CC=CCC1C(=O)N1CCN(c2cccc(Cl)c2)CC1. The molecule has 5 nitrogen and oxygen atoms in total. The third-order valence-corrected chi connectivity index (χ3v) is 5.07. The number of carboxylic acid groups (broad SMARTS) is 1. The molecule has 6 heteroatoms. The van der Waals surface area contributed by atoms with Gasteiger partial charge in [0, 0.05) is 36.9 Å². The van der Waals surface area contributed by atoms with Crippen LogP contribution in [0.3, 0.4) is 0 Å². The number of allylic oxidation sites excluding steroid dienone is 2. The van der Waals surface area contributed by atoms with E-state index in [9.17, 15) is 14.7 Å². The molecule has 128 valence electrons. The molecule has 1 amide bonds. The first-order valence-corrected chi connectivity index (χ1v) is 8.61. The fourth-order valence-corrected chi connectivity index (χ4v) is 3.64. The summed E-state index contributed by atoms with van der Waals surface area (Å²) in [6, 6.07) is 7.69. The predicted molar refractivity (Wildman–Crippen MR) is 93.2 cm³/mol. The van der Waals surface area contributed by atoms with E-state index in [-0.39, 0.29) is 5.91 Å². The van der Waals surface area contributed by atoms with Gasteiger partial charge in [-0.1, -0.05) is 29.8 Å². The number of carbonyl (C=O) groups is 2. The Balaban J connectivity index is 1.62. The summed E-state index contributed by atoms with van der Waals surface area (Å²) in [5, 5.41) is 10.0. The van der Waals surface area contributed by atoms with Gasteiger partial charge >= 0.3 is 5.97 Å². The van der Waals surface area contributed by atoms with E-state index >= 15 is 0 Å². The number of hydrogen-bond donors (Lipinski definition) is 1. The number of hydrogen-bond acceptors (Lipinski definition) is 3. The molecule has 2 unspecified atom stereocenters. The van der Waals surface area contributed by atoms with Crippen LogP contribution in [0.5, 0.6) is 0 Å². The Morgan fingerprint density at radius 2 is 1.71 bits per heavy atom. The lowest BCUT2D eigenvalue weighted by atomic mass is 9.82. The lowest BCUT2D eigenvalue weighted by Crippen LogP contribution is -2.52. The maximum Gasteiger partial charge on any atom is 0.307 e. The standard InChI is InChI=1S/C18H21ClN2O3/c19-13-4-3-5-14(12-13)20-8-10-21(11-9-20)17(22)15-6-1-2-7-16(15)18(23)24/h1-5,12,15-16H,6-11H2,(H,23,24). The Hall–Kier alpha value is -2.01. The molecule has 1 fully saturated rings. The average molecular weight is 349 g/mol. The van der Waals surface area contributed by atoms with E-state index in [1.54, 1.807) is 4.90 Å². The van der Waals surface area contributed by atoms with Crippen LogP contribution >= 0.6 is 11.6 Å². The fourth-order valence-electron chi connectivity index (χ4n) is 3.45. The molecule has 1 heterocycles. The minimum absolute atomic E-state index is 0.0301. The van der Waals surface area contributed by atoms with E-state index in [1.807, 2.05) is 36.4 Å². The van der Waals surface area contributed by atoms with E-state index in [2.05, 4.69) is 4.90 Å². The predicted octanol–water partition coefficient (Wildman–Crippen LogP) is 2.66. The van der Waals surface area contributed by atoms with Crippen molar-refractivity contribution < 1.29 is 14.7 Å². The number of carbonyl (C=O) groups excluding carboxylic acids is 1. The van der Waals surface area contributed by atoms with Crippen molar-refractivity contribution in [3.63, 3.8) is 0 Å². The van der Waals surface area contributed by atoms with Gasteiger partial charge in [0.1, 0.15) is 0 Å². The van der Waals surface area contributed by atoms with Crippen LogP contribution in [0.2, 0.25) is 5.02 Å². The Labute approximate surface area is 146 Å². The topological polar surface area (TPSA) is 60.9 Å². The minimum Gasteiger partial charge on any atom is -0.481 e. The summed E-state index contributed by atoms with van der Waals surface area (Å²) in [5.41, 5.74) is 1.05. The molecule has 3 rings (SSSR count). The molecular formula is C18H21ClN2O3. The largest absolute Gasteiger partial charge is 0.481 e. The van der Waals surface area contributed by atoms with Gasteiger partial charge in [-0.3, -0.25) is 9.59 Å². The summed E-state index contributed by atoms with van der Waals surface area (Å²) in [6.45, 7) is 2.68. The van der Waals surface area contributed by atoms with Crippen LogP contribution in [0.15, 0.2) is 36.4 Å². The third kappa shape index (κ3) is 3.56. The zero-order chi connectivity index (χ0) is 17.1. The average Bonchev–Trinajstić information content (AvgIpc) is 2.61. The van der Waals surface area contributed by atoms with Crippen LogP contribution in [0.25, 0.3) is 0 Å². The number of nitrogens with zero attached hydrogens (tertiary/aromatic N) is 2. The Morgan fingerprint density at radius 3 is 2.33 bits per heavy atom. The summed E-state index contributed by atoms with van der Waals surface area (Å²) < 4.78 is 0. The molecule has 1 N–H and O–H groups in total. The highest BCUT2D eigenvalue weighted by Crippen LogP contribution is 2.28. The van der Waals surface area contributed by atoms with Crippen molar-refractivity contribution in [1.29, 1.82) is 0 Å². The fraction of sp³-hybridized carbons (Fsp3) is 0.444. The number of piperazine rings is 1. The quantitative estimate of drug-likeness (QED) is 0.853. The Bertz CT molecular complexity index is 653. The highest BCUT2D eigenvalue weighted by Gasteiger charge is 2.37. The molecule has 1 saturated heterocycles. The van der Waals surface area contributed by atoms with Crippen LogP contribution in [-0.4, -0.2) is 48.1 Å². The maximum absolute atomic E-state index is 12.8. The summed E-state index contributed by atoms with van der Waals surface area (Å²) in [6.07, 6.45) is 4.74. The van der Waals surface area contributed by atoms with Gasteiger partial charge in [0.2, 0.25) is 5.91 Å². The van der Waals surface area contributed by atoms with E-state index in [0.29, 0.717) is 31.0 Å². The zero-order valence-corrected chi connectivity index (χ0v) is 14.2. The minimum atomic E-state index is -0.879. The number of rotatable bonds is 3. The molecule has 2 aliphatic rings. The number of carboxylic acids is 1. The molecule has 1 aromatic carbocycles. The molecular weight excluding hydrogens is 328 g/mol. The summed E-state index contributed by atoms with van der Waals surface area (Å²) >= 11 is 6.04. The molecule has 0 saturated carbocycles. The first-order valence-electron chi connectivity index (χ1n) is 8.23. The van der Waals surface area contributed by atoms with Crippen molar-refractivity contribution in [3.8, 4) is 0 Å². The zero-order valence-electron chi connectivity index (χ0n) is 13.4. The van der Waals surface area contributed by atoms with Gasteiger partial charge in [-0.05, 0) is 31.0 Å². The normalized spacial score (nSPS) is 24.0. The van der Waals surface area contributed by atoms with Crippen molar-refractivity contribution in [2.45, 2.75) is 12.8 Å². The lowest BCUT2D eigenvalue weighted by molar-refractivity contribution is -0.150. The van der Waals surface area contributed by atoms with Gasteiger partial charge in [0.15, 0.2) is 0 Å². The van der Waals surface area contributed by atoms with Crippen LogP contribution in [-0.2, 0) is 9.59 Å². The molecule has 0 aromatic heterocycles. The number of aliphatic carboxylic acids is 1. The van der Waals surface area contributed by atoms with E-state index in [1.165, 1.54) is 0 Å². The van der Waals surface area contributed by atoms with Crippen LogP contribution < -0.4 is 4.90 Å². The molecule has 1 aliphatic heterocycles. The molecule has 0 radical (unpaired) electrons. The van der Waals surface area contributed by atoms with Gasteiger partial charge < -0.3 is 14.9 Å². The Kier molecular flexibility index (Phi) is 5.09. The highest BCUT2D eigenvalue weighted by atomic mass is 35.5. The van der Waals surface area contributed by atoms with Gasteiger partial charge in [0.25, 0.3) is 0 Å².